The van der Waals surface area contributed by atoms with E-state index < -0.39 is 5.97 Å². The first kappa shape index (κ1) is 20.1. The summed E-state index contributed by atoms with van der Waals surface area (Å²) in [6, 6.07) is 19.8. The minimum Gasteiger partial charge on any atom is -0.489 e. The molecule has 0 fully saturated rings. The summed E-state index contributed by atoms with van der Waals surface area (Å²) < 4.78 is 16.9. The van der Waals surface area contributed by atoms with Gasteiger partial charge in [0.15, 0.2) is 0 Å². The lowest BCUT2D eigenvalue weighted by Crippen LogP contribution is -2.03. The Morgan fingerprint density at radius 3 is 1.64 bits per heavy atom. The zero-order chi connectivity index (χ0) is 19.9. The lowest BCUT2D eigenvalue weighted by atomic mass is 10.2. The molecule has 0 saturated heterocycles. The average molecular weight is 417 g/mol. The lowest BCUT2D eigenvalue weighted by Gasteiger charge is -2.12. The molecule has 0 N–H and O–H groups in total. The number of benzene rings is 3. The predicted molar refractivity (Wildman–Crippen MR) is 109 cm³/mol. The molecule has 3 aromatic rings. The highest BCUT2D eigenvalue weighted by atomic mass is 35.5. The molecular weight excluding hydrogens is 399 g/mol. The normalized spacial score (nSPS) is 10.4. The van der Waals surface area contributed by atoms with Crippen LogP contribution in [-0.4, -0.2) is 5.97 Å². The second-order valence-electron chi connectivity index (χ2n) is 6.07. The third-order valence-electron chi connectivity index (χ3n) is 3.70. The number of halogens is 2. The Morgan fingerprint density at radius 1 is 0.750 bits per heavy atom. The van der Waals surface area contributed by atoms with Gasteiger partial charge in [-0.1, -0.05) is 47.5 Å². The fourth-order valence-corrected chi connectivity index (χ4v) is 2.95. The maximum atomic E-state index is 11.3. The van der Waals surface area contributed by atoms with E-state index in [-0.39, 0.29) is 0 Å². The Morgan fingerprint density at radius 2 is 1.21 bits per heavy atom. The molecule has 0 aromatic heterocycles. The Labute approximate surface area is 173 Å². The fraction of sp³-hybridized carbons (Fsp3) is 0.136. The highest BCUT2D eigenvalue weighted by Crippen LogP contribution is 2.29. The van der Waals surface area contributed by atoms with Gasteiger partial charge in [-0.25, -0.2) is 0 Å². The van der Waals surface area contributed by atoms with Crippen LogP contribution < -0.4 is 14.2 Å². The smallest absolute Gasteiger partial charge is 0.308 e. The minimum absolute atomic E-state index is 0.317. The van der Waals surface area contributed by atoms with E-state index in [1.807, 2.05) is 36.4 Å². The van der Waals surface area contributed by atoms with Crippen molar-refractivity contribution in [2.24, 2.45) is 0 Å². The van der Waals surface area contributed by atoms with Crippen LogP contribution in [0.3, 0.4) is 0 Å². The van der Waals surface area contributed by atoms with E-state index >= 15 is 0 Å². The van der Waals surface area contributed by atoms with Gasteiger partial charge in [0.1, 0.15) is 30.5 Å². The lowest BCUT2D eigenvalue weighted by molar-refractivity contribution is -0.131. The third kappa shape index (κ3) is 6.19. The Bertz CT molecular complexity index is 905. The largest absolute Gasteiger partial charge is 0.489 e. The first-order chi connectivity index (χ1) is 13.5. The molecule has 3 rings (SSSR count). The van der Waals surface area contributed by atoms with Gasteiger partial charge in [0.25, 0.3) is 0 Å². The number of carbonyl (C=O) groups excluding carboxylic acids is 1. The number of hydrogen-bond donors (Lipinski definition) is 0. The van der Waals surface area contributed by atoms with Gasteiger partial charge >= 0.3 is 5.97 Å². The van der Waals surface area contributed by atoms with Crippen LogP contribution in [0.15, 0.2) is 66.7 Å². The van der Waals surface area contributed by atoms with Crippen molar-refractivity contribution < 1.29 is 19.0 Å². The summed E-state index contributed by atoms with van der Waals surface area (Å²) in [5.41, 5.74) is 1.85. The highest BCUT2D eigenvalue weighted by Gasteiger charge is 2.08. The molecule has 0 radical (unpaired) electrons. The van der Waals surface area contributed by atoms with Crippen molar-refractivity contribution in [3.8, 4) is 17.2 Å². The van der Waals surface area contributed by atoms with Crippen LogP contribution in [0.25, 0.3) is 0 Å². The molecule has 144 valence electrons. The topological polar surface area (TPSA) is 44.8 Å². The maximum Gasteiger partial charge on any atom is 0.308 e. The number of esters is 1. The molecule has 0 atom stereocenters. The van der Waals surface area contributed by atoms with Crippen molar-refractivity contribution in [3.63, 3.8) is 0 Å². The van der Waals surface area contributed by atoms with Gasteiger partial charge in [-0.05, 0) is 35.4 Å². The quantitative estimate of drug-likeness (QED) is 0.345. The molecule has 6 heteroatoms. The van der Waals surface area contributed by atoms with Gasteiger partial charge in [0.2, 0.25) is 0 Å². The average Bonchev–Trinajstić information content (AvgIpc) is 2.64. The van der Waals surface area contributed by atoms with E-state index in [1.165, 1.54) is 6.92 Å². The number of hydrogen-bond acceptors (Lipinski definition) is 4. The summed E-state index contributed by atoms with van der Waals surface area (Å²) in [5.74, 6) is 0.949. The standard InChI is InChI=1S/C22H18Cl2O4/c1-15(25)28-22-11-20(26-13-16-4-2-6-18(23)8-16)10-21(12-22)27-14-17-5-3-7-19(24)9-17/h2-12H,13-14H2,1H3. The zero-order valence-electron chi connectivity index (χ0n) is 15.2. The predicted octanol–water partition coefficient (Wildman–Crippen LogP) is 6.08. The summed E-state index contributed by atoms with van der Waals surface area (Å²) in [4.78, 5) is 11.3. The van der Waals surface area contributed by atoms with Crippen molar-refractivity contribution in [3.05, 3.63) is 87.9 Å². The first-order valence-corrected chi connectivity index (χ1v) is 9.31. The molecule has 0 aliphatic rings. The van der Waals surface area contributed by atoms with E-state index in [2.05, 4.69) is 0 Å². The molecule has 0 unspecified atom stereocenters. The second kappa shape index (κ2) is 9.49. The van der Waals surface area contributed by atoms with Crippen LogP contribution in [-0.2, 0) is 18.0 Å². The molecule has 0 spiro atoms. The van der Waals surface area contributed by atoms with Crippen LogP contribution >= 0.6 is 23.2 Å². The van der Waals surface area contributed by atoms with E-state index in [9.17, 15) is 4.79 Å². The van der Waals surface area contributed by atoms with Crippen molar-refractivity contribution >= 4 is 29.2 Å². The summed E-state index contributed by atoms with van der Waals surface area (Å²) in [5, 5.41) is 1.28. The molecular formula is C22H18Cl2O4. The number of rotatable bonds is 7. The van der Waals surface area contributed by atoms with Crippen molar-refractivity contribution in [1.82, 2.24) is 0 Å². The maximum absolute atomic E-state index is 11.3. The van der Waals surface area contributed by atoms with Gasteiger partial charge in [-0.15, -0.1) is 0 Å². The van der Waals surface area contributed by atoms with Crippen LogP contribution in [0, 0.1) is 0 Å². The van der Waals surface area contributed by atoms with Gasteiger partial charge in [-0.2, -0.15) is 0 Å². The number of carbonyl (C=O) groups is 1. The van der Waals surface area contributed by atoms with Gasteiger partial charge in [0.05, 0.1) is 0 Å². The van der Waals surface area contributed by atoms with Crippen LogP contribution in [0.5, 0.6) is 17.2 Å². The zero-order valence-corrected chi connectivity index (χ0v) is 16.7. The Hall–Kier alpha value is -2.69. The molecule has 0 aliphatic heterocycles. The fourth-order valence-electron chi connectivity index (χ4n) is 2.52. The van der Waals surface area contributed by atoms with E-state index in [0.29, 0.717) is 40.5 Å². The van der Waals surface area contributed by atoms with Gasteiger partial charge < -0.3 is 14.2 Å². The summed E-state index contributed by atoms with van der Waals surface area (Å²) in [6.07, 6.45) is 0. The highest BCUT2D eigenvalue weighted by molar-refractivity contribution is 6.30. The first-order valence-electron chi connectivity index (χ1n) is 8.56. The SMILES string of the molecule is CC(=O)Oc1cc(OCc2cccc(Cl)c2)cc(OCc2cccc(Cl)c2)c1. The molecule has 0 amide bonds. The summed E-state index contributed by atoms with van der Waals surface area (Å²) in [7, 11) is 0. The van der Waals surface area contributed by atoms with Gasteiger partial charge in [0, 0.05) is 35.2 Å². The molecule has 0 heterocycles. The van der Waals surface area contributed by atoms with Crippen molar-refractivity contribution in [2.75, 3.05) is 0 Å². The Balaban J connectivity index is 1.74. The minimum atomic E-state index is -0.423. The number of ether oxygens (including phenoxy) is 3. The van der Waals surface area contributed by atoms with Crippen LogP contribution in [0.1, 0.15) is 18.1 Å². The van der Waals surface area contributed by atoms with E-state index in [0.717, 1.165) is 11.1 Å². The monoisotopic (exact) mass is 416 g/mol. The van der Waals surface area contributed by atoms with Crippen molar-refractivity contribution in [1.29, 1.82) is 0 Å². The van der Waals surface area contributed by atoms with E-state index in [4.69, 9.17) is 37.4 Å². The Kier molecular flexibility index (Phi) is 6.80. The summed E-state index contributed by atoms with van der Waals surface area (Å²) in [6.45, 7) is 1.97. The van der Waals surface area contributed by atoms with Crippen LogP contribution in [0.4, 0.5) is 0 Å². The molecule has 3 aromatic carbocycles. The summed E-state index contributed by atoms with van der Waals surface area (Å²) >= 11 is 12.0. The molecule has 0 aliphatic carbocycles. The molecule has 28 heavy (non-hydrogen) atoms. The molecule has 0 bridgehead atoms. The molecule has 0 saturated carbocycles. The van der Waals surface area contributed by atoms with E-state index in [1.54, 1.807) is 30.3 Å². The molecule has 4 nitrogen and oxygen atoms in total. The van der Waals surface area contributed by atoms with Crippen LogP contribution in [0.2, 0.25) is 10.0 Å². The third-order valence-corrected chi connectivity index (χ3v) is 4.17. The van der Waals surface area contributed by atoms with Crippen molar-refractivity contribution in [2.45, 2.75) is 20.1 Å². The second-order valence-corrected chi connectivity index (χ2v) is 6.94. The van der Waals surface area contributed by atoms with Gasteiger partial charge in [-0.3, -0.25) is 4.79 Å².